The molecule has 0 spiro atoms. The highest BCUT2D eigenvalue weighted by molar-refractivity contribution is 5.81. The zero-order valence-electron chi connectivity index (χ0n) is 6.83. The third-order valence-corrected chi connectivity index (χ3v) is 1.81. The molecule has 1 aromatic carbocycles. The first-order valence-corrected chi connectivity index (χ1v) is 3.75. The molecule has 2 rings (SSSR count). The van der Waals surface area contributed by atoms with Gasteiger partial charge in [0.15, 0.2) is 5.75 Å². The summed E-state index contributed by atoms with van der Waals surface area (Å²) in [5, 5.41) is 18.0. The first kappa shape index (κ1) is 8.68. The van der Waals surface area contributed by atoms with E-state index in [9.17, 15) is 8.78 Å². The summed E-state index contributed by atoms with van der Waals surface area (Å²) in [7, 11) is 0. The lowest BCUT2D eigenvalue weighted by atomic mass is 10.2. The average Bonchev–Trinajstić information content (AvgIpc) is 2.08. The Bertz CT molecular complexity index is 514. The number of hydrogen-bond acceptors (Lipinski definition) is 3. The number of halogens is 2. The molecule has 0 aliphatic rings. The standard InChI is InChI=1S/C9H5F2NO2/c10-4-1-6(11)5-3-8(13)9(14)12-7(5)2-4/h1-3,13H,(H,12,14). The molecule has 1 aromatic heterocycles. The second-order valence-corrected chi connectivity index (χ2v) is 2.79. The minimum Gasteiger partial charge on any atom is -0.503 e. The molecule has 14 heavy (non-hydrogen) atoms. The minimum absolute atomic E-state index is 0.0401. The highest BCUT2D eigenvalue weighted by Crippen LogP contribution is 2.28. The van der Waals surface area contributed by atoms with Crippen LogP contribution in [-0.4, -0.2) is 15.2 Å². The van der Waals surface area contributed by atoms with E-state index in [0.717, 1.165) is 12.1 Å². The summed E-state index contributed by atoms with van der Waals surface area (Å²) in [6.45, 7) is 0. The molecule has 0 aliphatic heterocycles. The van der Waals surface area contributed by atoms with Crippen LogP contribution in [-0.2, 0) is 0 Å². The van der Waals surface area contributed by atoms with Gasteiger partial charge >= 0.3 is 0 Å². The Kier molecular flexibility index (Phi) is 1.73. The fraction of sp³-hybridized carbons (Fsp3) is 0. The Hall–Kier alpha value is -1.91. The van der Waals surface area contributed by atoms with Crippen LogP contribution in [0.15, 0.2) is 18.2 Å². The minimum atomic E-state index is -0.831. The molecule has 0 unspecified atom stereocenters. The van der Waals surface area contributed by atoms with Gasteiger partial charge in [-0.3, -0.25) is 0 Å². The van der Waals surface area contributed by atoms with Gasteiger partial charge in [-0.2, -0.15) is 0 Å². The van der Waals surface area contributed by atoms with Gasteiger partial charge in [0.2, 0.25) is 0 Å². The zero-order valence-corrected chi connectivity index (χ0v) is 6.83. The SMILES string of the molecule is Oc1cc2c(F)cc(F)cc2nc1O. The Labute approximate surface area is 77.3 Å². The molecule has 0 fully saturated rings. The van der Waals surface area contributed by atoms with E-state index in [2.05, 4.69) is 4.98 Å². The van der Waals surface area contributed by atoms with Gasteiger partial charge in [0.25, 0.3) is 5.88 Å². The van der Waals surface area contributed by atoms with Crippen molar-refractivity contribution >= 4 is 10.9 Å². The summed E-state index contributed by atoms with van der Waals surface area (Å²) in [6, 6.07) is 2.64. The molecule has 1 heterocycles. The van der Waals surface area contributed by atoms with E-state index in [0.29, 0.717) is 6.07 Å². The summed E-state index contributed by atoms with van der Waals surface area (Å²) >= 11 is 0. The van der Waals surface area contributed by atoms with Crippen molar-refractivity contribution in [2.45, 2.75) is 0 Å². The number of aromatic hydroxyl groups is 2. The van der Waals surface area contributed by atoms with Gasteiger partial charge < -0.3 is 10.2 Å². The third-order valence-electron chi connectivity index (χ3n) is 1.81. The lowest BCUT2D eigenvalue weighted by Crippen LogP contribution is -1.87. The van der Waals surface area contributed by atoms with Gasteiger partial charge in [0.05, 0.1) is 5.52 Å². The molecular weight excluding hydrogens is 192 g/mol. The molecule has 72 valence electrons. The number of hydrogen-bond donors (Lipinski definition) is 2. The quantitative estimate of drug-likeness (QED) is 0.678. The second kappa shape index (κ2) is 2.80. The van der Waals surface area contributed by atoms with Crippen LogP contribution in [0.4, 0.5) is 8.78 Å². The fourth-order valence-electron chi connectivity index (χ4n) is 1.18. The Morgan fingerprint density at radius 1 is 1.07 bits per heavy atom. The van der Waals surface area contributed by atoms with E-state index in [1.807, 2.05) is 0 Å². The third kappa shape index (κ3) is 1.22. The molecule has 0 atom stereocenters. The van der Waals surface area contributed by atoms with Gasteiger partial charge in [0, 0.05) is 17.5 Å². The predicted molar refractivity (Wildman–Crippen MR) is 45.0 cm³/mol. The largest absolute Gasteiger partial charge is 0.503 e. The molecule has 0 saturated carbocycles. The van der Waals surface area contributed by atoms with Gasteiger partial charge in [-0.05, 0) is 6.07 Å². The van der Waals surface area contributed by atoms with Crippen molar-refractivity contribution < 1.29 is 19.0 Å². The van der Waals surface area contributed by atoms with Crippen molar-refractivity contribution in [2.24, 2.45) is 0 Å². The van der Waals surface area contributed by atoms with Crippen molar-refractivity contribution in [1.29, 1.82) is 0 Å². The van der Waals surface area contributed by atoms with Crippen LogP contribution in [0.3, 0.4) is 0 Å². The lowest BCUT2D eigenvalue weighted by Gasteiger charge is -2.01. The molecule has 0 saturated heterocycles. The van der Waals surface area contributed by atoms with E-state index in [1.165, 1.54) is 0 Å². The molecule has 0 aliphatic carbocycles. The van der Waals surface area contributed by atoms with Crippen molar-refractivity contribution in [3.63, 3.8) is 0 Å². The number of benzene rings is 1. The van der Waals surface area contributed by atoms with Gasteiger partial charge in [-0.1, -0.05) is 0 Å². The summed E-state index contributed by atoms with van der Waals surface area (Å²) in [6.07, 6.45) is 0. The molecule has 2 aromatic rings. The van der Waals surface area contributed by atoms with Crippen LogP contribution in [0.5, 0.6) is 11.6 Å². The molecule has 3 nitrogen and oxygen atoms in total. The van der Waals surface area contributed by atoms with Crippen LogP contribution in [0, 0.1) is 11.6 Å². The normalized spacial score (nSPS) is 10.7. The van der Waals surface area contributed by atoms with E-state index in [1.54, 1.807) is 0 Å². The maximum atomic E-state index is 13.1. The second-order valence-electron chi connectivity index (χ2n) is 2.79. The summed E-state index contributed by atoms with van der Waals surface area (Å²) < 4.78 is 25.8. The van der Waals surface area contributed by atoms with E-state index in [4.69, 9.17) is 10.2 Å². The monoisotopic (exact) mass is 197 g/mol. The number of nitrogens with zero attached hydrogens (tertiary/aromatic N) is 1. The number of aromatic nitrogens is 1. The lowest BCUT2D eigenvalue weighted by molar-refractivity contribution is 0.390. The molecule has 0 amide bonds. The summed E-state index contributed by atoms with van der Waals surface area (Å²) in [5.74, 6) is -2.80. The highest BCUT2D eigenvalue weighted by Gasteiger charge is 2.09. The Balaban J connectivity index is 2.89. The Morgan fingerprint density at radius 2 is 1.79 bits per heavy atom. The highest BCUT2D eigenvalue weighted by atomic mass is 19.1. The average molecular weight is 197 g/mol. The van der Waals surface area contributed by atoms with E-state index in [-0.39, 0.29) is 10.9 Å². The molecule has 0 radical (unpaired) electrons. The first-order valence-electron chi connectivity index (χ1n) is 3.75. The van der Waals surface area contributed by atoms with E-state index >= 15 is 0 Å². The topological polar surface area (TPSA) is 53.4 Å². The van der Waals surface area contributed by atoms with Crippen molar-refractivity contribution in [1.82, 2.24) is 4.98 Å². The molecule has 2 N–H and O–H groups in total. The molecule has 0 bridgehead atoms. The smallest absolute Gasteiger partial charge is 0.254 e. The molecular formula is C9H5F2NO2. The molecule has 5 heteroatoms. The number of pyridine rings is 1. The van der Waals surface area contributed by atoms with Crippen LogP contribution < -0.4 is 0 Å². The van der Waals surface area contributed by atoms with Crippen LogP contribution in [0.1, 0.15) is 0 Å². The van der Waals surface area contributed by atoms with Crippen molar-refractivity contribution in [3.8, 4) is 11.6 Å². The maximum absolute atomic E-state index is 13.1. The number of rotatable bonds is 0. The van der Waals surface area contributed by atoms with Crippen molar-refractivity contribution in [3.05, 3.63) is 29.8 Å². The predicted octanol–water partition coefficient (Wildman–Crippen LogP) is 1.92. The Morgan fingerprint density at radius 3 is 2.50 bits per heavy atom. The maximum Gasteiger partial charge on any atom is 0.254 e. The summed E-state index contributed by atoms with van der Waals surface area (Å²) in [5.41, 5.74) is -0.0437. The van der Waals surface area contributed by atoms with Crippen molar-refractivity contribution in [2.75, 3.05) is 0 Å². The van der Waals surface area contributed by atoms with Gasteiger partial charge in [-0.25, -0.2) is 13.8 Å². The van der Waals surface area contributed by atoms with Crippen LogP contribution >= 0.6 is 0 Å². The fourth-order valence-corrected chi connectivity index (χ4v) is 1.18. The van der Waals surface area contributed by atoms with E-state index < -0.39 is 23.3 Å². The summed E-state index contributed by atoms with van der Waals surface area (Å²) in [4.78, 5) is 3.42. The zero-order chi connectivity index (χ0) is 10.3. The van der Waals surface area contributed by atoms with Crippen LogP contribution in [0.2, 0.25) is 0 Å². The van der Waals surface area contributed by atoms with Gasteiger partial charge in [-0.15, -0.1) is 0 Å². The first-order chi connectivity index (χ1) is 6.58. The van der Waals surface area contributed by atoms with Gasteiger partial charge in [0.1, 0.15) is 11.6 Å². The number of fused-ring (bicyclic) bond motifs is 1. The van der Waals surface area contributed by atoms with Crippen LogP contribution in [0.25, 0.3) is 10.9 Å².